The topological polar surface area (TPSA) is 80.1 Å². The highest BCUT2D eigenvalue weighted by molar-refractivity contribution is 9.10. The maximum atomic E-state index is 12.0. The number of nitrogens with zero attached hydrogens (tertiary/aromatic N) is 2. The number of nitrogens with one attached hydrogen (secondary N) is 1. The zero-order valence-corrected chi connectivity index (χ0v) is 16.5. The van der Waals surface area contributed by atoms with Crippen molar-refractivity contribution in [3.63, 3.8) is 0 Å². The summed E-state index contributed by atoms with van der Waals surface area (Å²) in [5.74, 6) is -0.908. The quantitative estimate of drug-likeness (QED) is 0.399. The third-order valence-electron chi connectivity index (χ3n) is 3.73. The Morgan fingerprint density at radius 2 is 1.64 bits per heavy atom. The molecule has 7 heteroatoms. The van der Waals surface area contributed by atoms with Crippen LogP contribution >= 0.6 is 15.9 Å². The SMILES string of the molecule is Cc1cccc(C(=O)ONc2ccc(N=NC(=O)c3ccc(Br)cc3)cc2)c1. The fraction of sp³-hybridized carbons (Fsp3) is 0.0476. The fourth-order valence-corrected chi connectivity index (χ4v) is 2.55. The minimum atomic E-state index is -0.479. The maximum absolute atomic E-state index is 12.0. The number of amides is 1. The number of halogens is 1. The predicted molar refractivity (Wildman–Crippen MR) is 110 cm³/mol. The Kier molecular flexibility index (Phi) is 6.29. The van der Waals surface area contributed by atoms with Crippen molar-refractivity contribution in [2.45, 2.75) is 6.92 Å². The van der Waals surface area contributed by atoms with Crippen molar-refractivity contribution in [2.75, 3.05) is 5.48 Å². The van der Waals surface area contributed by atoms with Crippen LogP contribution in [-0.2, 0) is 4.84 Å². The van der Waals surface area contributed by atoms with Gasteiger partial charge < -0.3 is 4.84 Å². The van der Waals surface area contributed by atoms with Gasteiger partial charge in [0.15, 0.2) is 0 Å². The highest BCUT2D eigenvalue weighted by Gasteiger charge is 2.07. The van der Waals surface area contributed by atoms with E-state index in [2.05, 4.69) is 31.6 Å². The van der Waals surface area contributed by atoms with E-state index < -0.39 is 11.9 Å². The second-order valence-electron chi connectivity index (χ2n) is 5.92. The zero-order valence-electron chi connectivity index (χ0n) is 14.9. The number of rotatable bonds is 5. The van der Waals surface area contributed by atoms with E-state index in [4.69, 9.17) is 4.84 Å². The average Bonchev–Trinajstić information content (AvgIpc) is 2.71. The molecule has 3 rings (SSSR count). The summed E-state index contributed by atoms with van der Waals surface area (Å²) in [5.41, 5.74) is 5.55. The summed E-state index contributed by atoms with van der Waals surface area (Å²) >= 11 is 3.31. The molecule has 0 aliphatic carbocycles. The summed E-state index contributed by atoms with van der Waals surface area (Å²) in [7, 11) is 0. The summed E-state index contributed by atoms with van der Waals surface area (Å²) in [4.78, 5) is 29.1. The first-order chi connectivity index (χ1) is 13.5. The van der Waals surface area contributed by atoms with Crippen molar-refractivity contribution >= 4 is 39.2 Å². The van der Waals surface area contributed by atoms with Gasteiger partial charge in [-0.15, -0.1) is 10.2 Å². The molecule has 0 saturated carbocycles. The number of benzene rings is 3. The van der Waals surface area contributed by atoms with Crippen LogP contribution in [-0.4, -0.2) is 11.9 Å². The van der Waals surface area contributed by atoms with E-state index in [1.54, 1.807) is 66.7 Å². The van der Waals surface area contributed by atoms with Gasteiger partial charge in [0.05, 0.1) is 16.9 Å². The molecule has 0 fully saturated rings. The average molecular weight is 438 g/mol. The number of hydrogen-bond acceptors (Lipinski definition) is 5. The number of anilines is 1. The smallest absolute Gasteiger partial charge is 0.338 e. The van der Waals surface area contributed by atoms with Gasteiger partial charge in [-0.3, -0.25) is 4.79 Å². The molecule has 0 radical (unpaired) electrons. The number of hydrogen-bond donors (Lipinski definition) is 1. The van der Waals surface area contributed by atoms with E-state index in [-0.39, 0.29) is 0 Å². The van der Waals surface area contributed by atoms with Gasteiger partial charge in [0, 0.05) is 10.0 Å². The van der Waals surface area contributed by atoms with Crippen molar-refractivity contribution in [3.8, 4) is 0 Å². The molecule has 3 aromatic carbocycles. The summed E-state index contributed by atoms with van der Waals surface area (Å²) in [6, 6.07) is 20.6. The molecule has 0 aromatic heterocycles. The molecule has 6 nitrogen and oxygen atoms in total. The lowest BCUT2D eigenvalue weighted by atomic mass is 10.1. The molecule has 1 amide bonds. The van der Waals surface area contributed by atoms with Gasteiger partial charge in [-0.1, -0.05) is 33.6 Å². The van der Waals surface area contributed by atoms with Crippen LogP contribution in [0.15, 0.2) is 87.5 Å². The Morgan fingerprint density at radius 3 is 2.32 bits per heavy atom. The third-order valence-corrected chi connectivity index (χ3v) is 4.26. The molecule has 0 atom stereocenters. The lowest BCUT2D eigenvalue weighted by Gasteiger charge is -2.07. The molecule has 140 valence electrons. The largest absolute Gasteiger partial charge is 0.362 e. The molecule has 0 spiro atoms. The molecule has 0 aliphatic rings. The summed E-state index contributed by atoms with van der Waals surface area (Å²) in [6.45, 7) is 1.90. The standard InChI is InChI=1S/C21H16BrN3O3/c1-14-3-2-4-16(13-14)21(27)28-25-19-11-9-18(10-12-19)23-24-20(26)15-5-7-17(22)8-6-15/h2-13,25H,1H3. The lowest BCUT2D eigenvalue weighted by molar-refractivity contribution is 0.0596. The summed E-state index contributed by atoms with van der Waals surface area (Å²) in [6.07, 6.45) is 0. The Hall–Kier alpha value is -3.32. The van der Waals surface area contributed by atoms with Gasteiger partial charge in [0.1, 0.15) is 0 Å². The first-order valence-corrected chi connectivity index (χ1v) is 9.16. The van der Waals surface area contributed by atoms with Crippen LogP contribution in [0.25, 0.3) is 0 Å². The highest BCUT2D eigenvalue weighted by Crippen LogP contribution is 2.18. The van der Waals surface area contributed by atoms with Crippen LogP contribution in [0, 0.1) is 6.92 Å². The van der Waals surface area contributed by atoms with Crippen LogP contribution in [0.3, 0.4) is 0 Å². The monoisotopic (exact) mass is 437 g/mol. The van der Waals surface area contributed by atoms with Gasteiger partial charge in [0.2, 0.25) is 0 Å². The lowest BCUT2D eigenvalue weighted by Crippen LogP contribution is -2.10. The van der Waals surface area contributed by atoms with Gasteiger partial charge in [-0.05, 0) is 67.6 Å². The van der Waals surface area contributed by atoms with Crippen molar-refractivity contribution < 1.29 is 14.4 Å². The second kappa shape index (κ2) is 9.05. The van der Waals surface area contributed by atoms with E-state index in [9.17, 15) is 9.59 Å². The van der Waals surface area contributed by atoms with Crippen molar-refractivity contribution in [1.29, 1.82) is 0 Å². The van der Waals surface area contributed by atoms with E-state index in [1.807, 2.05) is 13.0 Å². The Labute approximate surface area is 170 Å². The highest BCUT2D eigenvalue weighted by atomic mass is 79.9. The van der Waals surface area contributed by atoms with Gasteiger partial charge in [0.25, 0.3) is 5.91 Å². The molecule has 1 N–H and O–H groups in total. The van der Waals surface area contributed by atoms with Crippen LogP contribution in [0.1, 0.15) is 26.3 Å². The number of azo groups is 1. The molecule has 0 bridgehead atoms. The van der Waals surface area contributed by atoms with Gasteiger partial charge in [-0.25, -0.2) is 10.3 Å². The van der Waals surface area contributed by atoms with Crippen molar-refractivity contribution in [3.05, 3.63) is 94.0 Å². The van der Waals surface area contributed by atoms with E-state index in [1.165, 1.54) is 0 Å². The Bertz CT molecular complexity index is 1020. The molecular weight excluding hydrogens is 422 g/mol. The van der Waals surface area contributed by atoms with Crippen LogP contribution < -0.4 is 5.48 Å². The van der Waals surface area contributed by atoms with Gasteiger partial charge in [-0.2, -0.15) is 0 Å². The molecule has 3 aromatic rings. The van der Waals surface area contributed by atoms with E-state index in [0.717, 1.165) is 10.0 Å². The molecule has 0 heterocycles. The van der Waals surface area contributed by atoms with Crippen molar-refractivity contribution in [2.24, 2.45) is 10.2 Å². The Balaban J connectivity index is 1.56. The third kappa shape index (κ3) is 5.34. The van der Waals surface area contributed by atoms with Crippen LogP contribution in [0.4, 0.5) is 11.4 Å². The number of aryl methyl sites for hydroxylation is 1. The van der Waals surface area contributed by atoms with Crippen LogP contribution in [0.2, 0.25) is 0 Å². The van der Waals surface area contributed by atoms with Crippen molar-refractivity contribution in [1.82, 2.24) is 0 Å². The first-order valence-electron chi connectivity index (χ1n) is 8.37. The molecular formula is C21H16BrN3O3. The maximum Gasteiger partial charge on any atom is 0.362 e. The molecule has 28 heavy (non-hydrogen) atoms. The predicted octanol–water partition coefficient (Wildman–Crippen LogP) is 5.87. The molecule has 0 saturated heterocycles. The number of carbonyl (C=O) groups is 2. The normalized spacial score (nSPS) is 10.6. The molecule has 0 aliphatic heterocycles. The minimum Gasteiger partial charge on any atom is -0.338 e. The summed E-state index contributed by atoms with van der Waals surface area (Å²) < 4.78 is 0.882. The zero-order chi connectivity index (χ0) is 19.9. The molecule has 0 unspecified atom stereocenters. The van der Waals surface area contributed by atoms with Crippen LogP contribution in [0.5, 0.6) is 0 Å². The Morgan fingerprint density at radius 1 is 0.929 bits per heavy atom. The second-order valence-corrected chi connectivity index (χ2v) is 6.84. The summed E-state index contributed by atoms with van der Waals surface area (Å²) in [5, 5.41) is 7.64. The van der Waals surface area contributed by atoms with E-state index >= 15 is 0 Å². The number of carbonyl (C=O) groups excluding carboxylic acids is 2. The van der Waals surface area contributed by atoms with E-state index in [0.29, 0.717) is 22.5 Å². The van der Waals surface area contributed by atoms with Gasteiger partial charge >= 0.3 is 5.97 Å². The fourth-order valence-electron chi connectivity index (χ4n) is 2.29. The first kappa shape index (κ1) is 19.4. The minimum absolute atomic E-state index is 0.429.